The summed E-state index contributed by atoms with van der Waals surface area (Å²) in [5.74, 6) is 0.639. The van der Waals surface area contributed by atoms with E-state index in [2.05, 4.69) is 21.2 Å². The molecule has 0 aliphatic rings. The van der Waals surface area contributed by atoms with Crippen molar-refractivity contribution >= 4 is 28.3 Å². The lowest BCUT2D eigenvalue weighted by molar-refractivity contribution is 0.264. The van der Waals surface area contributed by atoms with E-state index in [0.717, 1.165) is 28.6 Å². The van der Waals surface area contributed by atoms with Gasteiger partial charge in [0.25, 0.3) is 0 Å². The number of hydrogen-bond acceptors (Lipinski definition) is 3. The zero-order valence-corrected chi connectivity index (χ0v) is 19.6. The molecule has 0 unspecified atom stereocenters. The van der Waals surface area contributed by atoms with Crippen molar-refractivity contribution in [1.29, 1.82) is 0 Å². The molecule has 0 aliphatic heterocycles. The Morgan fingerprint density at radius 3 is 2.39 bits per heavy atom. The van der Waals surface area contributed by atoms with E-state index in [1.807, 2.05) is 19.1 Å². The highest BCUT2D eigenvalue weighted by Crippen LogP contribution is 2.37. The minimum Gasteiger partial charge on any atom is -0.490 e. The average molecular weight is 513 g/mol. The van der Waals surface area contributed by atoms with E-state index < -0.39 is 0 Å². The smallest absolute Gasteiger partial charge is 0.175 e. The summed E-state index contributed by atoms with van der Waals surface area (Å²) in [7, 11) is 0. The van der Waals surface area contributed by atoms with E-state index in [0.29, 0.717) is 30.2 Å². The first-order chi connectivity index (χ1) is 14.6. The highest BCUT2D eigenvalue weighted by atomic mass is 79.9. The van der Waals surface area contributed by atoms with Gasteiger partial charge in [-0.15, -0.1) is 12.4 Å². The molecule has 1 N–H and O–H groups in total. The van der Waals surface area contributed by atoms with Crippen LogP contribution in [-0.2, 0) is 19.6 Å². The molecular formula is C24H25BrClF2NO2. The Hall–Kier alpha value is -2.15. The third-order valence-corrected chi connectivity index (χ3v) is 5.12. The van der Waals surface area contributed by atoms with Crippen LogP contribution in [0.1, 0.15) is 23.6 Å². The van der Waals surface area contributed by atoms with Crippen molar-refractivity contribution in [3.63, 3.8) is 0 Å². The van der Waals surface area contributed by atoms with Crippen LogP contribution in [0, 0.1) is 11.6 Å². The maximum Gasteiger partial charge on any atom is 0.175 e. The normalized spacial score (nSPS) is 10.5. The monoisotopic (exact) mass is 511 g/mol. The number of nitrogens with one attached hydrogen (secondary N) is 1. The Bertz CT molecular complexity index is 970. The molecule has 166 valence electrons. The van der Waals surface area contributed by atoms with Crippen LogP contribution in [0.3, 0.4) is 0 Å². The zero-order valence-electron chi connectivity index (χ0n) is 17.2. The molecule has 3 aromatic rings. The number of halogens is 4. The molecule has 0 aliphatic carbocycles. The van der Waals surface area contributed by atoms with Crippen LogP contribution in [-0.4, -0.2) is 13.2 Å². The molecule has 0 atom stereocenters. The maximum absolute atomic E-state index is 13.9. The Morgan fingerprint density at radius 2 is 1.68 bits per heavy atom. The minimum absolute atomic E-state index is 0. The third kappa shape index (κ3) is 7.49. The van der Waals surface area contributed by atoms with E-state index >= 15 is 0 Å². The van der Waals surface area contributed by atoms with Gasteiger partial charge in [-0.2, -0.15) is 0 Å². The molecule has 0 aromatic heterocycles. The molecule has 31 heavy (non-hydrogen) atoms. The zero-order chi connectivity index (χ0) is 21.3. The maximum atomic E-state index is 13.9. The van der Waals surface area contributed by atoms with Crippen molar-refractivity contribution in [2.45, 2.75) is 26.5 Å². The SMILES string of the molecule is CCOc1cc(CNCCc2ccc(F)cc2)cc(Br)c1OCc1ccccc1F.Cl. The quantitative estimate of drug-likeness (QED) is 0.316. The Labute approximate surface area is 196 Å². The van der Waals surface area contributed by atoms with Crippen molar-refractivity contribution in [2.75, 3.05) is 13.2 Å². The van der Waals surface area contributed by atoms with Crippen LogP contribution >= 0.6 is 28.3 Å². The van der Waals surface area contributed by atoms with Crippen LogP contribution in [0.2, 0.25) is 0 Å². The molecule has 3 aromatic carbocycles. The van der Waals surface area contributed by atoms with Gasteiger partial charge < -0.3 is 14.8 Å². The largest absolute Gasteiger partial charge is 0.490 e. The van der Waals surface area contributed by atoms with Crippen molar-refractivity contribution in [2.24, 2.45) is 0 Å². The first kappa shape index (κ1) is 25.1. The second-order valence-corrected chi connectivity index (χ2v) is 7.63. The van der Waals surface area contributed by atoms with Gasteiger partial charge in [-0.25, -0.2) is 8.78 Å². The second-order valence-electron chi connectivity index (χ2n) is 6.77. The molecule has 0 saturated heterocycles. The van der Waals surface area contributed by atoms with Gasteiger partial charge in [-0.3, -0.25) is 0 Å². The van der Waals surface area contributed by atoms with Crippen molar-refractivity contribution < 1.29 is 18.3 Å². The predicted octanol–water partition coefficient (Wildman–Crippen LogP) is 6.46. The summed E-state index contributed by atoms with van der Waals surface area (Å²) in [5, 5.41) is 3.39. The van der Waals surface area contributed by atoms with Crippen molar-refractivity contribution in [3.8, 4) is 11.5 Å². The lowest BCUT2D eigenvalue weighted by Gasteiger charge is -2.16. The Morgan fingerprint density at radius 1 is 0.935 bits per heavy atom. The van der Waals surface area contributed by atoms with E-state index in [9.17, 15) is 8.78 Å². The summed E-state index contributed by atoms with van der Waals surface area (Å²) in [4.78, 5) is 0. The molecule has 3 rings (SSSR count). The summed E-state index contributed by atoms with van der Waals surface area (Å²) in [5.41, 5.74) is 2.60. The molecular weight excluding hydrogens is 488 g/mol. The van der Waals surface area contributed by atoms with Crippen LogP contribution in [0.4, 0.5) is 8.78 Å². The lowest BCUT2D eigenvalue weighted by atomic mass is 10.1. The topological polar surface area (TPSA) is 30.5 Å². The van der Waals surface area contributed by atoms with Gasteiger partial charge in [-0.05, 0) is 77.3 Å². The molecule has 7 heteroatoms. The first-order valence-corrected chi connectivity index (χ1v) is 10.6. The number of rotatable bonds is 10. The number of benzene rings is 3. The fraction of sp³-hybridized carbons (Fsp3) is 0.250. The minimum atomic E-state index is -0.298. The molecule has 0 saturated carbocycles. The van der Waals surface area contributed by atoms with E-state index in [4.69, 9.17) is 9.47 Å². The fourth-order valence-corrected chi connectivity index (χ4v) is 3.61. The van der Waals surface area contributed by atoms with Gasteiger partial charge in [-0.1, -0.05) is 30.3 Å². The van der Waals surface area contributed by atoms with Crippen molar-refractivity contribution in [1.82, 2.24) is 5.32 Å². The van der Waals surface area contributed by atoms with Gasteiger partial charge in [0.15, 0.2) is 11.5 Å². The summed E-state index contributed by atoms with van der Waals surface area (Å²) in [6.07, 6.45) is 0.809. The standard InChI is InChI=1S/C24H24BrF2NO2.ClH/c1-2-29-23-14-18(15-28-12-11-17-7-9-20(26)10-8-17)13-21(25)24(23)30-16-19-5-3-4-6-22(19)27;/h3-10,13-14,28H,2,11-12,15-16H2,1H3;1H. The Kier molecular flexibility index (Phi) is 10.2. The van der Waals surface area contributed by atoms with Crippen LogP contribution in [0.25, 0.3) is 0 Å². The average Bonchev–Trinajstić information content (AvgIpc) is 2.73. The van der Waals surface area contributed by atoms with Gasteiger partial charge in [0.05, 0.1) is 11.1 Å². The molecule has 0 bridgehead atoms. The second kappa shape index (κ2) is 12.6. The van der Waals surface area contributed by atoms with Gasteiger partial charge in [0.1, 0.15) is 18.2 Å². The molecule has 3 nitrogen and oxygen atoms in total. The van der Waals surface area contributed by atoms with Crippen molar-refractivity contribution in [3.05, 3.63) is 93.5 Å². The van der Waals surface area contributed by atoms with Crippen LogP contribution in [0.5, 0.6) is 11.5 Å². The summed E-state index contributed by atoms with van der Waals surface area (Å²) in [6, 6.07) is 17.0. The third-order valence-electron chi connectivity index (χ3n) is 4.53. The summed E-state index contributed by atoms with van der Waals surface area (Å²) >= 11 is 3.55. The van der Waals surface area contributed by atoms with Gasteiger partial charge in [0.2, 0.25) is 0 Å². The molecule has 0 spiro atoms. The van der Waals surface area contributed by atoms with Crippen LogP contribution < -0.4 is 14.8 Å². The molecule has 0 radical (unpaired) electrons. The van der Waals surface area contributed by atoms with E-state index in [-0.39, 0.29) is 30.6 Å². The number of hydrogen-bond donors (Lipinski definition) is 1. The van der Waals surface area contributed by atoms with E-state index in [1.165, 1.54) is 18.2 Å². The number of ether oxygens (including phenoxy) is 2. The Balaban J connectivity index is 0.00000341. The lowest BCUT2D eigenvalue weighted by Crippen LogP contribution is -2.17. The van der Waals surface area contributed by atoms with Gasteiger partial charge in [0, 0.05) is 12.1 Å². The first-order valence-electron chi connectivity index (χ1n) is 9.83. The molecule has 0 fully saturated rings. The fourth-order valence-electron chi connectivity index (χ4n) is 3.01. The highest BCUT2D eigenvalue weighted by Gasteiger charge is 2.13. The molecule has 0 heterocycles. The van der Waals surface area contributed by atoms with E-state index in [1.54, 1.807) is 30.3 Å². The highest BCUT2D eigenvalue weighted by molar-refractivity contribution is 9.10. The van der Waals surface area contributed by atoms with Crippen LogP contribution in [0.15, 0.2) is 65.1 Å². The predicted molar refractivity (Wildman–Crippen MR) is 125 cm³/mol. The molecule has 0 amide bonds. The summed E-state index contributed by atoms with van der Waals surface area (Å²) in [6.45, 7) is 3.92. The van der Waals surface area contributed by atoms with Gasteiger partial charge >= 0.3 is 0 Å². The summed E-state index contributed by atoms with van der Waals surface area (Å²) < 4.78 is 39.2.